The highest BCUT2D eigenvalue weighted by molar-refractivity contribution is 5.41. The number of nitrogen functional groups attached to an aromatic ring is 1. The van der Waals surface area contributed by atoms with Crippen molar-refractivity contribution in [3.8, 4) is 11.5 Å². The fourth-order valence-electron chi connectivity index (χ4n) is 2.01. The van der Waals surface area contributed by atoms with Gasteiger partial charge in [0.2, 0.25) is 0 Å². The molecule has 0 aromatic heterocycles. The molecule has 0 aliphatic heterocycles. The number of anilines is 1. The van der Waals surface area contributed by atoms with Crippen LogP contribution < -0.4 is 15.2 Å². The lowest BCUT2D eigenvalue weighted by atomic mass is 9.99. The lowest BCUT2D eigenvalue weighted by Gasteiger charge is -2.11. The van der Waals surface area contributed by atoms with Gasteiger partial charge < -0.3 is 15.2 Å². The predicted octanol–water partition coefficient (Wildman–Crippen LogP) is 4.24. The Morgan fingerprint density at radius 2 is 1.33 bits per heavy atom. The van der Waals surface area contributed by atoms with Gasteiger partial charge in [-0.15, -0.1) is 0 Å². The summed E-state index contributed by atoms with van der Waals surface area (Å²) in [4.78, 5) is 0. The Morgan fingerprint density at radius 3 is 1.81 bits per heavy atom. The standard InChI is InChI=1S/C18H23NO2/c1-3-14(2)15-4-8-17(9-5-15)20-12-13-21-18-10-6-16(19)7-11-18/h4-11,14H,3,12-13,19H2,1-2H3. The van der Waals surface area contributed by atoms with E-state index in [1.54, 1.807) is 0 Å². The molecule has 3 heteroatoms. The molecule has 1 unspecified atom stereocenters. The molecule has 0 bridgehead atoms. The van der Waals surface area contributed by atoms with Gasteiger partial charge in [0.25, 0.3) is 0 Å². The van der Waals surface area contributed by atoms with Crippen molar-refractivity contribution in [3.63, 3.8) is 0 Å². The Balaban J connectivity index is 1.74. The molecule has 0 heterocycles. The third-order valence-electron chi connectivity index (χ3n) is 3.56. The first-order valence-corrected chi connectivity index (χ1v) is 7.40. The quantitative estimate of drug-likeness (QED) is 0.611. The number of rotatable bonds is 7. The average molecular weight is 285 g/mol. The third kappa shape index (κ3) is 4.71. The molecule has 2 rings (SSSR count). The SMILES string of the molecule is CCC(C)c1ccc(OCCOc2ccc(N)cc2)cc1. The van der Waals surface area contributed by atoms with Crippen LogP contribution in [0.3, 0.4) is 0 Å². The third-order valence-corrected chi connectivity index (χ3v) is 3.56. The number of benzene rings is 2. The summed E-state index contributed by atoms with van der Waals surface area (Å²) in [5.74, 6) is 2.27. The molecule has 112 valence electrons. The second-order valence-corrected chi connectivity index (χ2v) is 5.14. The van der Waals surface area contributed by atoms with Crippen molar-refractivity contribution < 1.29 is 9.47 Å². The largest absolute Gasteiger partial charge is 0.490 e. The number of ether oxygens (including phenoxy) is 2. The van der Waals surface area contributed by atoms with Crippen molar-refractivity contribution in [2.45, 2.75) is 26.2 Å². The van der Waals surface area contributed by atoms with Crippen LogP contribution in [0.1, 0.15) is 31.7 Å². The van der Waals surface area contributed by atoms with Crippen LogP contribution in [0.4, 0.5) is 5.69 Å². The zero-order valence-electron chi connectivity index (χ0n) is 12.7. The van der Waals surface area contributed by atoms with Gasteiger partial charge in [-0.05, 0) is 54.3 Å². The second-order valence-electron chi connectivity index (χ2n) is 5.14. The first-order valence-electron chi connectivity index (χ1n) is 7.40. The molecule has 0 fully saturated rings. The molecule has 0 amide bonds. The summed E-state index contributed by atoms with van der Waals surface area (Å²) >= 11 is 0. The molecule has 3 nitrogen and oxygen atoms in total. The van der Waals surface area contributed by atoms with E-state index in [0.717, 1.165) is 23.6 Å². The van der Waals surface area contributed by atoms with Gasteiger partial charge in [0.1, 0.15) is 24.7 Å². The second kappa shape index (κ2) is 7.58. The minimum Gasteiger partial charge on any atom is -0.490 e. The summed E-state index contributed by atoms with van der Waals surface area (Å²) < 4.78 is 11.3. The van der Waals surface area contributed by atoms with E-state index in [9.17, 15) is 0 Å². The van der Waals surface area contributed by atoms with Crippen LogP contribution in [0, 0.1) is 0 Å². The Kier molecular flexibility index (Phi) is 5.50. The van der Waals surface area contributed by atoms with E-state index in [4.69, 9.17) is 15.2 Å². The molecule has 0 aliphatic carbocycles. The summed E-state index contributed by atoms with van der Waals surface area (Å²) in [7, 11) is 0. The van der Waals surface area contributed by atoms with Crippen molar-refractivity contribution in [2.24, 2.45) is 0 Å². The van der Waals surface area contributed by atoms with Gasteiger partial charge in [-0.25, -0.2) is 0 Å². The van der Waals surface area contributed by atoms with Gasteiger partial charge >= 0.3 is 0 Å². The molecule has 2 aromatic carbocycles. The number of nitrogens with two attached hydrogens (primary N) is 1. The van der Waals surface area contributed by atoms with Gasteiger partial charge in [-0.3, -0.25) is 0 Å². The van der Waals surface area contributed by atoms with Crippen molar-refractivity contribution in [1.82, 2.24) is 0 Å². The maximum absolute atomic E-state index is 5.67. The topological polar surface area (TPSA) is 44.5 Å². The van der Waals surface area contributed by atoms with Crippen LogP contribution >= 0.6 is 0 Å². The summed E-state index contributed by atoms with van der Waals surface area (Å²) in [6.07, 6.45) is 1.15. The fraction of sp³-hybridized carbons (Fsp3) is 0.333. The monoisotopic (exact) mass is 285 g/mol. The maximum atomic E-state index is 5.67. The zero-order valence-corrected chi connectivity index (χ0v) is 12.7. The Hall–Kier alpha value is -2.16. The van der Waals surface area contributed by atoms with E-state index < -0.39 is 0 Å². The van der Waals surface area contributed by atoms with Crippen molar-refractivity contribution in [1.29, 1.82) is 0 Å². The smallest absolute Gasteiger partial charge is 0.122 e. The van der Waals surface area contributed by atoms with E-state index in [-0.39, 0.29) is 0 Å². The van der Waals surface area contributed by atoms with Gasteiger partial charge in [0.15, 0.2) is 0 Å². The van der Waals surface area contributed by atoms with Crippen LogP contribution in [-0.2, 0) is 0 Å². The molecule has 21 heavy (non-hydrogen) atoms. The first-order chi connectivity index (χ1) is 10.2. The molecular weight excluding hydrogens is 262 g/mol. The van der Waals surface area contributed by atoms with Gasteiger partial charge in [0, 0.05) is 5.69 Å². The van der Waals surface area contributed by atoms with E-state index in [2.05, 4.69) is 26.0 Å². The lowest BCUT2D eigenvalue weighted by molar-refractivity contribution is 0.217. The van der Waals surface area contributed by atoms with Crippen molar-refractivity contribution in [2.75, 3.05) is 18.9 Å². The van der Waals surface area contributed by atoms with Gasteiger partial charge in [0.05, 0.1) is 0 Å². The maximum Gasteiger partial charge on any atom is 0.122 e. The lowest BCUT2D eigenvalue weighted by Crippen LogP contribution is -2.09. The molecule has 0 radical (unpaired) electrons. The highest BCUT2D eigenvalue weighted by Gasteiger charge is 2.02. The zero-order chi connectivity index (χ0) is 15.1. The fourth-order valence-corrected chi connectivity index (χ4v) is 2.01. The normalized spacial score (nSPS) is 11.9. The molecule has 0 saturated carbocycles. The minimum atomic E-state index is 0.511. The summed E-state index contributed by atoms with van der Waals surface area (Å²) in [6.45, 7) is 5.46. The van der Waals surface area contributed by atoms with E-state index in [0.29, 0.717) is 19.1 Å². The van der Waals surface area contributed by atoms with Crippen molar-refractivity contribution in [3.05, 3.63) is 54.1 Å². The van der Waals surface area contributed by atoms with Gasteiger partial charge in [-0.2, -0.15) is 0 Å². The van der Waals surface area contributed by atoms with Crippen LogP contribution in [0.2, 0.25) is 0 Å². The van der Waals surface area contributed by atoms with Crippen LogP contribution in [-0.4, -0.2) is 13.2 Å². The van der Waals surface area contributed by atoms with Crippen LogP contribution in [0.15, 0.2) is 48.5 Å². The molecule has 0 aliphatic rings. The highest BCUT2D eigenvalue weighted by Crippen LogP contribution is 2.21. The Bertz CT molecular complexity index is 534. The molecule has 2 aromatic rings. The average Bonchev–Trinajstić information content (AvgIpc) is 2.53. The molecule has 1 atom stereocenters. The molecular formula is C18H23NO2. The summed E-state index contributed by atoms with van der Waals surface area (Å²) in [5.41, 5.74) is 7.71. The Morgan fingerprint density at radius 1 is 0.857 bits per heavy atom. The molecule has 0 saturated heterocycles. The molecule has 2 N–H and O–H groups in total. The number of hydrogen-bond acceptors (Lipinski definition) is 3. The summed E-state index contributed by atoms with van der Waals surface area (Å²) in [6, 6.07) is 15.7. The van der Waals surface area contributed by atoms with Crippen LogP contribution in [0.25, 0.3) is 0 Å². The first kappa shape index (κ1) is 15.2. The number of hydrogen-bond donors (Lipinski definition) is 1. The minimum absolute atomic E-state index is 0.511. The van der Waals surface area contributed by atoms with Crippen LogP contribution in [0.5, 0.6) is 11.5 Å². The Labute approximate surface area is 126 Å². The van der Waals surface area contributed by atoms with E-state index >= 15 is 0 Å². The summed E-state index contributed by atoms with van der Waals surface area (Å²) in [5, 5.41) is 0. The highest BCUT2D eigenvalue weighted by atomic mass is 16.5. The predicted molar refractivity (Wildman–Crippen MR) is 87.0 cm³/mol. The van der Waals surface area contributed by atoms with E-state index in [1.165, 1.54) is 5.56 Å². The molecule has 0 spiro atoms. The van der Waals surface area contributed by atoms with E-state index in [1.807, 2.05) is 36.4 Å². The van der Waals surface area contributed by atoms with Crippen molar-refractivity contribution >= 4 is 5.69 Å². The van der Waals surface area contributed by atoms with Gasteiger partial charge in [-0.1, -0.05) is 26.0 Å².